The summed E-state index contributed by atoms with van der Waals surface area (Å²) in [6.45, 7) is 0. The third kappa shape index (κ3) is 4.83. The SMILES string of the molecule is CO[C@]1(NC(=O)CCC[C@@H](N)C(=O)O)C(=O)N2C(C(=O)O)=C(CSc3nnnn3C)CS[C@@H]21. The molecule has 3 heterocycles. The predicted molar refractivity (Wildman–Crippen MR) is 115 cm³/mol. The second-order valence-corrected chi connectivity index (χ2v) is 9.31. The third-order valence-electron chi connectivity index (χ3n) is 5.15. The molecule has 180 valence electrons. The van der Waals surface area contributed by atoms with E-state index < -0.39 is 40.9 Å². The first-order valence-electron chi connectivity index (χ1n) is 9.72. The molecule has 0 aromatic carbocycles. The van der Waals surface area contributed by atoms with Gasteiger partial charge in [-0.1, -0.05) is 11.8 Å². The number of methoxy groups -OCH3 is 1. The molecule has 1 saturated heterocycles. The topological polar surface area (TPSA) is 203 Å². The number of tetrazole rings is 1. The molecule has 0 unspecified atom stereocenters. The van der Waals surface area contributed by atoms with Gasteiger partial charge in [0.05, 0.1) is 0 Å². The fourth-order valence-corrected chi connectivity index (χ4v) is 5.85. The molecule has 5 N–H and O–H groups in total. The number of aliphatic carboxylic acids is 2. The van der Waals surface area contributed by atoms with Gasteiger partial charge >= 0.3 is 11.9 Å². The van der Waals surface area contributed by atoms with Gasteiger partial charge in [-0.2, -0.15) is 0 Å². The number of carbonyl (C=O) groups excluding carboxylic acids is 2. The van der Waals surface area contributed by atoms with Gasteiger partial charge in [0.15, 0.2) is 0 Å². The number of thioether (sulfide) groups is 2. The summed E-state index contributed by atoms with van der Waals surface area (Å²) < 4.78 is 6.83. The number of carboxylic acid groups (broad SMARTS) is 2. The number of aromatic nitrogens is 4. The van der Waals surface area contributed by atoms with Gasteiger partial charge in [0, 0.05) is 32.1 Å². The van der Waals surface area contributed by atoms with Crippen molar-refractivity contribution in [1.82, 2.24) is 30.4 Å². The van der Waals surface area contributed by atoms with Gasteiger partial charge in [0.1, 0.15) is 17.1 Å². The highest BCUT2D eigenvalue weighted by atomic mass is 32.2. The Hall–Kier alpha value is -2.69. The van der Waals surface area contributed by atoms with Gasteiger partial charge in [0.2, 0.25) is 11.1 Å². The molecule has 0 radical (unpaired) electrons. The summed E-state index contributed by atoms with van der Waals surface area (Å²) in [5.74, 6) is -3.10. The smallest absolute Gasteiger partial charge is 0.352 e. The maximum absolute atomic E-state index is 13.0. The molecular formula is C17H23N7O7S2. The van der Waals surface area contributed by atoms with Crippen molar-refractivity contribution in [1.29, 1.82) is 0 Å². The van der Waals surface area contributed by atoms with E-state index in [9.17, 15) is 24.3 Å². The van der Waals surface area contributed by atoms with Crippen molar-refractivity contribution in [2.45, 2.75) is 41.6 Å². The Morgan fingerprint density at radius 1 is 1.42 bits per heavy atom. The Kier molecular flexibility index (Phi) is 7.61. The number of ether oxygens (including phenoxy) is 1. The molecule has 14 nitrogen and oxygen atoms in total. The summed E-state index contributed by atoms with van der Waals surface area (Å²) in [6, 6.07) is -1.08. The van der Waals surface area contributed by atoms with E-state index in [-0.39, 0.29) is 30.7 Å². The second-order valence-electron chi connectivity index (χ2n) is 7.29. The number of carboxylic acids is 2. The predicted octanol–water partition coefficient (Wildman–Crippen LogP) is -1.40. The van der Waals surface area contributed by atoms with Crippen LogP contribution in [0.5, 0.6) is 0 Å². The minimum atomic E-state index is -1.70. The lowest BCUT2D eigenvalue weighted by Gasteiger charge is -2.55. The van der Waals surface area contributed by atoms with Crippen LogP contribution in [0.25, 0.3) is 0 Å². The van der Waals surface area contributed by atoms with E-state index in [4.69, 9.17) is 15.6 Å². The van der Waals surface area contributed by atoms with Crippen LogP contribution in [0.4, 0.5) is 0 Å². The Labute approximate surface area is 196 Å². The third-order valence-corrected chi connectivity index (χ3v) is 7.62. The van der Waals surface area contributed by atoms with Crippen LogP contribution in [0.15, 0.2) is 16.4 Å². The zero-order valence-corrected chi connectivity index (χ0v) is 19.4. The number of nitrogens with two attached hydrogens (primary N) is 1. The molecule has 1 fully saturated rings. The molecule has 0 spiro atoms. The number of rotatable bonds is 11. The van der Waals surface area contributed by atoms with Gasteiger partial charge in [-0.05, 0) is 28.8 Å². The maximum atomic E-state index is 13.0. The van der Waals surface area contributed by atoms with E-state index in [1.807, 2.05) is 0 Å². The van der Waals surface area contributed by atoms with E-state index in [1.54, 1.807) is 7.05 Å². The first kappa shape index (κ1) is 24.9. The van der Waals surface area contributed by atoms with Crippen LogP contribution < -0.4 is 11.1 Å². The first-order valence-corrected chi connectivity index (χ1v) is 11.8. The first-order chi connectivity index (χ1) is 15.6. The number of hydrogen-bond donors (Lipinski definition) is 4. The van der Waals surface area contributed by atoms with Crippen molar-refractivity contribution >= 4 is 47.3 Å². The van der Waals surface area contributed by atoms with Gasteiger partial charge in [-0.15, -0.1) is 16.9 Å². The Balaban J connectivity index is 1.70. The number of carbonyl (C=O) groups is 4. The molecule has 0 saturated carbocycles. The van der Waals surface area contributed by atoms with E-state index in [2.05, 4.69) is 20.8 Å². The van der Waals surface area contributed by atoms with Crippen LogP contribution in [0.1, 0.15) is 19.3 Å². The van der Waals surface area contributed by atoms with E-state index in [0.29, 0.717) is 16.5 Å². The van der Waals surface area contributed by atoms with E-state index in [0.717, 1.165) is 4.90 Å². The minimum Gasteiger partial charge on any atom is -0.480 e. The normalized spacial score (nSPS) is 23.1. The molecule has 1 aromatic rings. The number of aryl methyl sites for hydroxylation is 1. The fraction of sp³-hybridized carbons (Fsp3) is 0.588. The lowest BCUT2D eigenvalue weighted by atomic mass is 9.98. The standard InChI is InChI=1S/C17H23N7O7S2/c1-23-16(20-21-22-23)33-7-8-6-32-15-17(31-2,14(30)24(15)11(8)13(28)29)19-10(25)5-3-4-9(18)12(26)27/h9,15H,3-7,18H2,1-2H3,(H,19,25)(H,26,27)(H,28,29)/t9-,15-,17-/m1/s1. The molecule has 2 amide bonds. The molecule has 1 aromatic heterocycles. The molecule has 33 heavy (non-hydrogen) atoms. The minimum absolute atomic E-state index is 0.0635. The van der Waals surface area contributed by atoms with Crippen LogP contribution in [-0.2, 0) is 31.0 Å². The summed E-state index contributed by atoms with van der Waals surface area (Å²) in [5, 5.41) is 32.0. The van der Waals surface area contributed by atoms with Crippen LogP contribution in [0.2, 0.25) is 0 Å². The Morgan fingerprint density at radius 3 is 2.73 bits per heavy atom. The zero-order chi connectivity index (χ0) is 24.3. The Morgan fingerprint density at radius 2 is 2.15 bits per heavy atom. The summed E-state index contributed by atoms with van der Waals surface area (Å²) in [7, 11) is 2.91. The fourth-order valence-electron chi connectivity index (χ4n) is 3.43. The summed E-state index contributed by atoms with van der Waals surface area (Å²) in [4.78, 5) is 49.4. The highest BCUT2D eigenvalue weighted by Crippen LogP contribution is 2.47. The zero-order valence-electron chi connectivity index (χ0n) is 17.8. The van der Waals surface area contributed by atoms with Gasteiger partial charge in [-0.3, -0.25) is 19.3 Å². The molecular weight excluding hydrogens is 478 g/mol. The molecule has 3 rings (SSSR count). The molecule has 2 aliphatic rings. The number of fused-ring (bicyclic) bond motifs is 1. The summed E-state index contributed by atoms with van der Waals surface area (Å²) >= 11 is 2.51. The van der Waals surface area contributed by atoms with Crippen molar-refractivity contribution < 1.29 is 34.1 Å². The quantitative estimate of drug-likeness (QED) is 0.157. The van der Waals surface area contributed by atoms with Crippen molar-refractivity contribution in [2.75, 3.05) is 18.6 Å². The highest BCUT2D eigenvalue weighted by Gasteiger charge is 2.66. The van der Waals surface area contributed by atoms with Crippen LogP contribution in [-0.4, -0.2) is 94.8 Å². The highest BCUT2D eigenvalue weighted by molar-refractivity contribution is 8.01. The monoisotopic (exact) mass is 501 g/mol. The lowest BCUT2D eigenvalue weighted by Crippen LogP contribution is -2.80. The Bertz CT molecular complexity index is 1000. The van der Waals surface area contributed by atoms with Gasteiger partial charge in [-0.25, -0.2) is 9.48 Å². The molecule has 2 aliphatic heterocycles. The van der Waals surface area contributed by atoms with Crippen LogP contribution in [0.3, 0.4) is 0 Å². The molecule has 16 heteroatoms. The maximum Gasteiger partial charge on any atom is 0.352 e. The average Bonchev–Trinajstić information content (AvgIpc) is 3.19. The molecule has 3 atom stereocenters. The number of β-lactam (4-membered cyclic amide) rings is 1. The number of amides is 2. The van der Waals surface area contributed by atoms with Crippen LogP contribution >= 0.6 is 23.5 Å². The van der Waals surface area contributed by atoms with E-state index >= 15 is 0 Å². The van der Waals surface area contributed by atoms with Crippen molar-refractivity contribution in [3.05, 3.63) is 11.3 Å². The second kappa shape index (κ2) is 10.1. The van der Waals surface area contributed by atoms with Crippen molar-refractivity contribution in [3.63, 3.8) is 0 Å². The molecule has 0 bridgehead atoms. The lowest BCUT2D eigenvalue weighted by molar-refractivity contribution is -0.192. The van der Waals surface area contributed by atoms with E-state index in [1.165, 1.54) is 35.3 Å². The number of nitrogens with zero attached hydrogens (tertiary/aromatic N) is 5. The van der Waals surface area contributed by atoms with Crippen LogP contribution in [0, 0.1) is 0 Å². The van der Waals surface area contributed by atoms with Crippen molar-refractivity contribution in [3.8, 4) is 0 Å². The van der Waals surface area contributed by atoms with Gasteiger partial charge < -0.3 is 26.0 Å². The largest absolute Gasteiger partial charge is 0.480 e. The van der Waals surface area contributed by atoms with Gasteiger partial charge in [0.25, 0.3) is 11.6 Å². The number of nitrogens with one attached hydrogen (secondary N) is 1. The summed E-state index contributed by atoms with van der Waals surface area (Å²) in [6.07, 6.45) is 0.230. The number of hydrogen-bond acceptors (Lipinski definition) is 11. The molecule has 0 aliphatic carbocycles. The van der Waals surface area contributed by atoms with Crippen molar-refractivity contribution in [2.24, 2.45) is 12.8 Å². The average molecular weight is 502 g/mol. The summed E-state index contributed by atoms with van der Waals surface area (Å²) in [5.41, 5.74) is 4.09.